The number of ether oxygens (including phenoxy) is 1. The highest BCUT2D eigenvalue weighted by Crippen LogP contribution is 2.31. The van der Waals surface area contributed by atoms with Crippen molar-refractivity contribution < 1.29 is 9.53 Å². The van der Waals surface area contributed by atoms with Crippen LogP contribution in [-0.2, 0) is 9.53 Å². The lowest BCUT2D eigenvalue weighted by Gasteiger charge is -2.31. The van der Waals surface area contributed by atoms with Gasteiger partial charge >= 0.3 is 0 Å². The van der Waals surface area contributed by atoms with Crippen molar-refractivity contribution in [3.63, 3.8) is 0 Å². The minimum atomic E-state index is -0.571. The van der Waals surface area contributed by atoms with E-state index in [1.54, 1.807) is 0 Å². The van der Waals surface area contributed by atoms with E-state index in [4.69, 9.17) is 4.74 Å². The highest BCUT2D eigenvalue weighted by Gasteiger charge is 2.38. The summed E-state index contributed by atoms with van der Waals surface area (Å²) in [6.45, 7) is 3.45. The van der Waals surface area contributed by atoms with Gasteiger partial charge in [-0.2, -0.15) is 0 Å². The number of amides is 1. The van der Waals surface area contributed by atoms with E-state index in [1.165, 1.54) is 25.7 Å². The normalized spacial score (nSPS) is 36.6. The average molecular weight is 318 g/mol. The van der Waals surface area contributed by atoms with Crippen LogP contribution in [-0.4, -0.2) is 30.0 Å². The summed E-state index contributed by atoms with van der Waals surface area (Å²) in [5.74, 6) is 1.43. The Kier molecular flexibility index (Phi) is 5.07. The number of hydrogen-bond donors (Lipinski definition) is 1. The van der Waals surface area contributed by atoms with Gasteiger partial charge in [0, 0.05) is 18.5 Å². The molecule has 1 amide bonds. The highest BCUT2D eigenvalue weighted by molar-refractivity contribution is 9.09. The van der Waals surface area contributed by atoms with Gasteiger partial charge in [-0.3, -0.25) is 4.79 Å². The van der Waals surface area contributed by atoms with Gasteiger partial charge in [0.25, 0.3) is 5.91 Å². The zero-order valence-electron chi connectivity index (χ0n) is 11.2. The molecule has 2 fully saturated rings. The SMILES string of the molecule is CC1(C(=O)NCC2CCCCC2CBr)CCCO1. The molecule has 18 heavy (non-hydrogen) atoms. The molecule has 1 saturated heterocycles. The number of nitrogens with one attached hydrogen (secondary N) is 1. The molecule has 0 aromatic heterocycles. The van der Waals surface area contributed by atoms with Gasteiger partial charge < -0.3 is 10.1 Å². The molecule has 3 nitrogen and oxygen atoms in total. The Labute approximate surface area is 118 Å². The summed E-state index contributed by atoms with van der Waals surface area (Å²) in [5, 5.41) is 4.17. The minimum Gasteiger partial charge on any atom is -0.365 e. The summed E-state index contributed by atoms with van der Waals surface area (Å²) in [4.78, 5) is 12.2. The lowest BCUT2D eigenvalue weighted by Crippen LogP contribution is -2.46. The second-order valence-corrected chi connectivity index (χ2v) is 6.50. The van der Waals surface area contributed by atoms with Gasteiger partial charge in [0.1, 0.15) is 5.60 Å². The van der Waals surface area contributed by atoms with Gasteiger partial charge in [0.05, 0.1) is 0 Å². The van der Waals surface area contributed by atoms with Crippen LogP contribution in [0, 0.1) is 11.8 Å². The molecule has 0 bridgehead atoms. The van der Waals surface area contributed by atoms with Crippen LogP contribution in [0.4, 0.5) is 0 Å². The van der Waals surface area contributed by atoms with Crippen molar-refractivity contribution in [2.75, 3.05) is 18.5 Å². The third kappa shape index (κ3) is 3.27. The molecule has 1 heterocycles. The lowest BCUT2D eigenvalue weighted by atomic mass is 9.80. The van der Waals surface area contributed by atoms with Crippen LogP contribution < -0.4 is 5.32 Å². The molecular formula is C14H24BrNO2. The first-order valence-corrected chi connectivity index (χ1v) is 8.26. The van der Waals surface area contributed by atoms with E-state index in [0.29, 0.717) is 5.92 Å². The molecule has 1 N–H and O–H groups in total. The van der Waals surface area contributed by atoms with Crippen molar-refractivity contribution in [2.24, 2.45) is 11.8 Å². The maximum atomic E-state index is 12.2. The Morgan fingerprint density at radius 3 is 2.67 bits per heavy atom. The van der Waals surface area contributed by atoms with Gasteiger partial charge in [0.2, 0.25) is 0 Å². The fourth-order valence-electron chi connectivity index (χ4n) is 3.13. The van der Waals surface area contributed by atoms with Crippen molar-refractivity contribution in [1.82, 2.24) is 5.32 Å². The van der Waals surface area contributed by atoms with Crippen LogP contribution in [0.2, 0.25) is 0 Å². The van der Waals surface area contributed by atoms with Gasteiger partial charge in [-0.25, -0.2) is 0 Å². The van der Waals surface area contributed by atoms with E-state index in [-0.39, 0.29) is 5.91 Å². The number of halogens is 1. The third-order valence-electron chi connectivity index (χ3n) is 4.49. The first kappa shape index (κ1) is 14.3. The number of alkyl halides is 1. The maximum absolute atomic E-state index is 12.2. The Bertz CT molecular complexity index is 290. The first-order valence-electron chi connectivity index (χ1n) is 7.14. The summed E-state index contributed by atoms with van der Waals surface area (Å²) < 4.78 is 5.57. The van der Waals surface area contributed by atoms with Crippen LogP contribution in [0.3, 0.4) is 0 Å². The molecular weight excluding hydrogens is 294 g/mol. The first-order chi connectivity index (χ1) is 8.65. The Morgan fingerprint density at radius 2 is 2.06 bits per heavy atom. The summed E-state index contributed by atoms with van der Waals surface area (Å²) in [6.07, 6.45) is 7.02. The molecule has 2 rings (SSSR count). The smallest absolute Gasteiger partial charge is 0.251 e. The monoisotopic (exact) mass is 317 g/mol. The van der Waals surface area contributed by atoms with Crippen molar-refractivity contribution in [3.8, 4) is 0 Å². The van der Waals surface area contributed by atoms with Crippen molar-refractivity contribution in [3.05, 3.63) is 0 Å². The summed E-state index contributed by atoms with van der Waals surface area (Å²) in [6, 6.07) is 0. The van der Waals surface area contributed by atoms with Crippen molar-refractivity contribution >= 4 is 21.8 Å². The number of rotatable bonds is 4. The zero-order valence-corrected chi connectivity index (χ0v) is 12.8. The molecule has 0 radical (unpaired) electrons. The Hall–Kier alpha value is -0.0900. The van der Waals surface area contributed by atoms with Crippen LogP contribution in [0.15, 0.2) is 0 Å². The zero-order chi connectivity index (χ0) is 13.0. The van der Waals surface area contributed by atoms with Crippen LogP contribution in [0.1, 0.15) is 45.4 Å². The number of hydrogen-bond acceptors (Lipinski definition) is 2. The molecule has 3 atom stereocenters. The van der Waals surface area contributed by atoms with E-state index >= 15 is 0 Å². The molecule has 1 aliphatic heterocycles. The van der Waals surface area contributed by atoms with E-state index < -0.39 is 5.60 Å². The fraction of sp³-hybridized carbons (Fsp3) is 0.929. The predicted molar refractivity (Wildman–Crippen MR) is 75.8 cm³/mol. The van der Waals surface area contributed by atoms with Crippen molar-refractivity contribution in [1.29, 1.82) is 0 Å². The van der Waals surface area contributed by atoms with Gasteiger partial charge in [-0.15, -0.1) is 0 Å². The molecule has 0 aromatic rings. The lowest BCUT2D eigenvalue weighted by molar-refractivity contribution is -0.139. The summed E-state index contributed by atoms with van der Waals surface area (Å²) >= 11 is 3.60. The standard InChI is InChI=1S/C14H24BrNO2/c1-14(7-4-8-18-14)13(17)16-10-12-6-3-2-5-11(12)9-15/h11-12H,2-10H2,1H3,(H,16,17). The van der Waals surface area contributed by atoms with Gasteiger partial charge in [0.15, 0.2) is 0 Å². The molecule has 0 aromatic carbocycles. The predicted octanol–water partition coefficient (Wildman–Crippen LogP) is 2.87. The van der Waals surface area contributed by atoms with Crippen LogP contribution in [0.5, 0.6) is 0 Å². The van der Waals surface area contributed by atoms with Crippen LogP contribution >= 0.6 is 15.9 Å². The maximum Gasteiger partial charge on any atom is 0.251 e. The number of carbonyl (C=O) groups excluding carboxylic acids is 1. The molecule has 4 heteroatoms. The second kappa shape index (κ2) is 6.38. The van der Waals surface area contributed by atoms with E-state index in [2.05, 4.69) is 21.2 Å². The molecule has 3 unspecified atom stereocenters. The second-order valence-electron chi connectivity index (χ2n) is 5.85. The topological polar surface area (TPSA) is 38.3 Å². The summed E-state index contributed by atoms with van der Waals surface area (Å²) in [7, 11) is 0. The Morgan fingerprint density at radius 1 is 1.33 bits per heavy atom. The molecule has 0 spiro atoms. The highest BCUT2D eigenvalue weighted by atomic mass is 79.9. The van der Waals surface area contributed by atoms with E-state index in [0.717, 1.165) is 37.2 Å². The fourth-order valence-corrected chi connectivity index (χ4v) is 3.98. The minimum absolute atomic E-state index is 0.0823. The third-order valence-corrected chi connectivity index (χ3v) is 5.32. The Balaban J connectivity index is 1.81. The van der Waals surface area contributed by atoms with Crippen molar-refractivity contribution in [2.45, 2.75) is 51.0 Å². The van der Waals surface area contributed by atoms with Crippen LogP contribution in [0.25, 0.3) is 0 Å². The van der Waals surface area contributed by atoms with E-state index in [1.807, 2.05) is 6.92 Å². The largest absolute Gasteiger partial charge is 0.365 e. The molecule has 1 saturated carbocycles. The molecule has 1 aliphatic carbocycles. The molecule has 104 valence electrons. The quantitative estimate of drug-likeness (QED) is 0.810. The molecule has 2 aliphatic rings. The van der Waals surface area contributed by atoms with E-state index in [9.17, 15) is 4.79 Å². The average Bonchev–Trinajstić information content (AvgIpc) is 2.84. The van der Waals surface area contributed by atoms with Gasteiger partial charge in [-0.1, -0.05) is 28.8 Å². The van der Waals surface area contributed by atoms with Gasteiger partial charge in [-0.05, 0) is 44.4 Å². The number of carbonyl (C=O) groups is 1. The summed E-state index contributed by atoms with van der Waals surface area (Å²) in [5.41, 5.74) is -0.571.